The smallest absolute Gasteiger partial charge is 0.336 e. The maximum atomic E-state index is 13.9. The van der Waals surface area contributed by atoms with Gasteiger partial charge in [0.1, 0.15) is 6.04 Å². The number of rotatable bonds is 6. The van der Waals surface area contributed by atoms with Crippen LogP contribution in [0.4, 0.5) is 18.9 Å². The molecular formula is C28H25F3N4O2S. The molecule has 0 aliphatic carbocycles. The number of halogens is 3. The van der Waals surface area contributed by atoms with Crippen molar-refractivity contribution in [2.75, 3.05) is 30.9 Å². The first-order valence-electron chi connectivity index (χ1n) is 12.1. The van der Waals surface area contributed by atoms with Gasteiger partial charge in [-0.1, -0.05) is 48.5 Å². The minimum atomic E-state index is -4.42. The molecule has 1 N–H and O–H groups in total. The van der Waals surface area contributed by atoms with Crippen LogP contribution in [-0.2, 0) is 11.0 Å². The van der Waals surface area contributed by atoms with Crippen LogP contribution in [0.5, 0.6) is 0 Å². The van der Waals surface area contributed by atoms with Crippen LogP contribution >= 0.6 is 0 Å². The van der Waals surface area contributed by atoms with Gasteiger partial charge in [-0.15, -0.1) is 0 Å². The van der Waals surface area contributed by atoms with Crippen LogP contribution in [0.1, 0.15) is 22.0 Å². The number of piperazine rings is 1. The van der Waals surface area contributed by atoms with Crippen LogP contribution in [0.15, 0.2) is 96.0 Å². The number of hydrogen-bond acceptors (Lipinski definition) is 4. The maximum Gasteiger partial charge on any atom is 0.408 e. The van der Waals surface area contributed by atoms with E-state index in [-0.39, 0.29) is 37.6 Å². The molecular weight excluding hydrogens is 513 g/mol. The zero-order valence-corrected chi connectivity index (χ0v) is 21.1. The van der Waals surface area contributed by atoms with Crippen molar-refractivity contribution in [1.82, 2.24) is 14.8 Å². The number of aromatic nitrogens is 1. The van der Waals surface area contributed by atoms with E-state index >= 15 is 0 Å². The highest BCUT2D eigenvalue weighted by molar-refractivity contribution is 7.86. The third-order valence-electron chi connectivity index (χ3n) is 6.53. The van der Waals surface area contributed by atoms with E-state index in [4.69, 9.17) is 0 Å². The van der Waals surface area contributed by atoms with E-state index in [1.165, 1.54) is 17.0 Å². The van der Waals surface area contributed by atoms with Gasteiger partial charge in [0.15, 0.2) is 11.0 Å². The van der Waals surface area contributed by atoms with Gasteiger partial charge in [0.2, 0.25) is 0 Å². The predicted molar refractivity (Wildman–Crippen MR) is 141 cm³/mol. The summed E-state index contributed by atoms with van der Waals surface area (Å²) in [5.74, 6) is -0.251. The van der Waals surface area contributed by atoms with Gasteiger partial charge < -0.3 is 9.62 Å². The summed E-state index contributed by atoms with van der Waals surface area (Å²) >= 11 is 0. The number of anilines is 1. The van der Waals surface area contributed by atoms with E-state index in [0.29, 0.717) is 21.7 Å². The molecule has 4 aromatic rings. The number of para-hydroxylation sites is 1. The van der Waals surface area contributed by atoms with Crippen LogP contribution < -0.4 is 4.72 Å². The van der Waals surface area contributed by atoms with Crippen LogP contribution in [0, 0.1) is 0 Å². The van der Waals surface area contributed by atoms with Crippen molar-refractivity contribution in [2.24, 2.45) is 0 Å². The molecule has 0 bridgehead atoms. The number of amides is 1. The minimum Gasteiger partial charge on any atom is -0.336 e. The molecule has 1 aliphatic heterocycles. The normalized spacial score (nSPS) is 16.2. The molecule has 2 heterocycles. The van der Waals surface area contributed by atoms with E-state index in [1.54, 1.807) is 59.6 Å². The summed E-state index contributed by atoms with van der Waals surface area (Å²) in [7, 11) is -1.57. The minimum absolute atomic E-state index is 0.114. The Kier molecular flexibility index (Phi) is 7.44. The monoisotopic (exact) mass is 538 g/mol. The summed E-state index contributed by atoms with van der Waals surface area (Å²) in [5.41, 5.74) is 1.82. The third-order valence-corrected chi connectivity index (χ3v) is 7.68. The highest BCUT2D eigenvalue weighted by Crippen LogP contribution is 2.38. The van der Waals surface area contributed by atoms with E-state index in [9.17, 15) is 22.2 Å². The summed E-state index contributed by atoms with van der Waals surface area (Å²) in [6.07, 6.45) is -2.77. The first kappa shape index (κ1) is 25.9. The molecule has 10 heteroatoms. The molecule has 3 aromatic carbocycles. The number of benzene rings is 3. The standard InChI is InChI=1S/C28H25F3N4O2S/c29-28(30,31)26(21-6-2-1-3-7-21)34-16-18-35(19-17-34)27(36)22-11-13-23(14-12-22)33-38(37)24-10-4-8-20-9-5-15-32-25(20)24/h1-15,26,33H,16-19H2. The number of fused-ring (bicyclic) bond motifs is 1. The Morgan fingerprint density at radius 3 is 2.24 bits per heavy atom. The second-order valence-electron chi connectivity index (χ2n) is 8.96. The lowest BCUT2D eigenvalue weighted by atomic mass is 10.0. The SMILES string of the molecule is O=C(c1ccc(NS(=O)c2cccc3cccnc23)cc1)N1CCN(C(c2ccccc2)C(F)(F)F)CC1. The lowest BCUT2D eigenvalue weighted by Crippen LogP contribution is -2.52. The van der Waals surface area contributed by atoms with Crippen LogP contribution in [0.25, 0.3) is 10.9 Å². The number of nitrogens with zero attached hydrogens (tertiary/aromatic N) is 3. The van der Waals surface area contributed by atoms with Gasteiger partial charge in [-0.3, -0.25) is 14.7 Å². The molecule has 1 aliphatic rings. The molecule has 6 nitrogen and oxygen atoms in total. The molecule has 0 saturated carbocycles. The van der Waals surface area contributed by atoms with Gasteiger partial charge in [-0.05, 0) is 42.0 Å². The molecule has 0 radical (unpaired) electrons. The second-order valence-corrected chi connectivity index (χ2v) is 10.1. The largest absolute Gasteiger partial charge is 0.408 e. The Morgan fingerprint density at radius 1 is 0.868 bits per heavy atom. The zero-order chi connectivity index (χ0) is 26.7. The average Bonchev–Trinajstić information content (AvgIpc) is 2.93. The van der Waals surface area contributed by atoms with Gasteiger partial charge >= 0.3 is 6.18 Å². The molecule has 1 amide bonds. The van der Waals surface area contributed by atoms with E-state index in [2.05, 4.69) is 9.71 Å². The van der Waals surface area contributed by atoms with Crippen molar-refractivity contribution in [2.45, 2.75) is 17.1 Å². The van der Waals surface area contributed by atoms with Gasteiger partial charge in [0.25, 0.3) is 5.91 Å². The Labute approximate surface area is 220 Å². The molecule has 2 unspecified atom stereocenters. The fourth-order valence-electron chi connectivity index (χ4n) is 4.68. The summed E-state index contributed by atoms with van der Waals surface area (Å²) in [6.45, 7) is 0.609. The lowest BCUT2D eigenvalue weighted by molar-refractivity contribution is -0.189. The highest BCUT2D eigenvalue weighted by Gasteiger charge is 2.45. The molecule has 196 valence electrons. The van der Waals surface area contributed by atoms with Crippen molar-refractivity contribution >= 4 is 33.5 Å². The van der Waals surface area contributed by atoms with Crippen molar-refractivity contribution in [3.8, 4) is 0 Å². The molecule has 0 spiro atoms. The summed E-state index contributed by atoms with van der Waals surface area (Å²) in [6, 6.07) is 21.9. The first-order chi connectivity index (χ1) is 18.3. The molecule has 1 aromatic heterocycles. The van der Waals surface area contributed by atoms with Crippen LogP contribution in [0.2, 0.25) is 0 Å². The number of nitrogens with one attached hydrogen (secondary N) is 1. The Hall–Kier alpha value is -3.76. The van der Waals surface area contributed by atoms with Crippen LogP contribution in [0.3, 0.4) is 0 Å². The number of pyridine rings is 1. The molecule has 2 atom stereocenters. The van der Waals surface area contributed by atoms with E-state index < -0.39 is 23.2 Å². The third kappa shape index (κ3) is 5.56. The van der Waals surface area contributed by atoms with Crippen molar-refractivity contribution < 1.29 is 22.2 Å². The van der Waals surface area contributed by atoms with Crippen molar-refractivity contribution in [3.63, 3.8) is 0 Å². The maximum absolute atomic E-state index is 13.9. The molecule has 1 fully saturated rings. The summed E-state index contributed by atoms with van der Waals surface area (Å²) in [4.78, 5) is 20.9. The number of hydrogen-bond donors (Lipinski definition) is 1. The summed E-state index contributed by atoms with van der Waals surface area (Å²) in [5, 5.41) is 0.881. The summed E-state index contributed by atoms with van der Waals surface area (Å²) < 4.78 is 57.5. The van der Waals surface area contributed by atoms with Gasteiger partial charge in [0, 0.05) is 49.0 Å². The molecule has 5 rings (SSSR count). The topological polar surface area (TPSA) is 65.5 Å². The van der Waals surface area contributed by atoms with E-state index in [0.717, 1.165) is 5.39 Å². The lowest BCUT2D eigenvalue weighted by Gasteiger charge is -2.40. The van der Waals surface area contributed by atoms with Gasteiger partial charge in [-0.2, -0.15) is 13.2 Å². The van der Waals surface area contributed by atoms with E-state index in [1.807, 2.05) is 24.3 Å². The zero-order valence-electron chi connectivity index (χ0n) is 20.3. The average molecular weight is 539 g/mol. The fourth-order valence-corrected chi connectivity index (χ4v) is 5.69. The van der Waals surface area contributed by atoms with Gasteiger partial charge in [0.05, 0.1) is 10.4 Å². The number of alkyl halides is 3. The highest BCUT2D eigenvalue weighted by atomic mass is 32.2. The molecule has 1 saturated heterocycles. The Balaban J connectivity index is 1.22. The fraction of sp³-hybridized carbons (Fsp3) is 0.214. The number of carbonyl (C=O) groups excluding carboxylic acids is 1. The molecule has 38 heavy (non-hydrogen) atoms. The second kappa shape index (κ2) is 10.9. The van der Waals surface area contributed by atoms with Gasteiger partial charge in [-0.25, -0.2) is 4.21 Å². The van der Waals surface area contributed by atoms with Crippen molar-refractivity contribution in [1.29, 1.82) is 0 Å². The van der Waals surface area contributed by atoms with Crippen molar-refractivity contribution in [3.05, 3.63) is 102 Å². The predicted octanol–water partition coefficient (Wildman–Crippen LogP) is 5.43. The number of carbonyl (C=O) groups is 1. The Bertz CT molecular complexity index is 1430. The first-order valence-corrected chi connectivity index (χ1v) is 13.2. The van der Waals surface area contributed by atoms with Crippen LogP contribution in [-0.4, -0.2) is 57.3 Å². The Morgan fingerprint density at radius 2 is 1.55 bits per heavy atom. The quantitative estimate of drug-likeness (QED) is 0.356.